The first-order valence-electron chi connectivity index (χ1n) is 7.46. The minimum atomic E-state index is -0.803. The highest BCUT2D eigenvalue weighted by atomic mass is 16.4. The van der Waals surface area contributed by atoms with Crippen molar-refractivity contribution in [2.24, 2.45) is 5.92 Å². The molecule has 0 spiro atoms. The van der Waals surface area contributed by atoms with Crippen LogP contribution in [0.3, 0.4) is 0 Å². The van der Waals surface area contributed by atoms with Crippen LogP contribution in [0.15, 0.2) is 24.3 Å². The number of hydrogen-bond donors (Lipinski definition) is 1. The molecule has 0 saturated carbocycles. The summed E-state index contributed by atoms with van der Waals surface area (Å²) >= 11 is 0. The van der Waals surface area contributed by atoms with Crippen LogP contribution in [0, 0.1) is 5.92 Å². The summed E-state index contributed by atoms with van der Waals surface area (Å²) in [6.45, 7) is 0.977. The average Bonchev–Trinajstić information content (AvgIpc) is 2.53. The molecule has 1 atom stereocenters. The van der Waals surface area contributed by atoms with Gasteiger partial charge >= 0.3 is 5.97 Å². The summed E-state index contributed by atoms with van der Waals surface area (Å²) in [6, 6.07) is 5.80. The Morgan fingerprint density at radius 3 is 2.95 bits per heavy atom. The molecule has 1 amide bonds. The molecule has 1 heterocycles. The third-order valence-corrected chi connectivity index (χ3v) is 4.33. The van der Waals surface area contributed by atoms with Gasteiger partial charge in [0, 0.05) is 18.7 Å². The highest BCUT2D eigenvalue weighted by Gasteiger charge is 2.28. The maximum Gasteiger partial charge on any atom is 0.308 e. The number of nitrogens with zero attached hydrogens (tertiary/aromatic N) is 1. The monoisotopic (exact) mass is 285 g/mol. The van der Waals surface area contributed by atoms with E-state index in [1.54, 1.807) is 4.90 Å². The number of carbonyl (C=O) groups excluding carboxylic acids is 1. The normalized spacial score (nSPS) is 21.0. The minimum Gasteiger partial charge on any atom is -0.481 e. The van der Waals surface area contributed by atoms with E-state index in [1.807, 2.05) is 18.2 Å². The Hall–Kier alpha value is -2.10. The molecule has 0 radical (unpaired) electrons. The molecule has 4 nitrogen and oxygen atoms in total. The molecule has 1 aromatic carbocycles. The number of rotatable bonds is 2. The molecule has 1 fully saturated rings. The van der Waals surface area contributed by atoms with Gasteiger partial charge in [-0.25, -0.2) is 0 Å². The number of benzene rings is 1. The van der Waals surface area contributed by atoms with Crippen molar-refractivity contribution in [2.75, 3.05) is 13.1 Å². The lowest BCUT2D eigenvalue weighted by Crippen LogP contribution is -2.42. The second-order valence-corrected chi connectivity index (χ2v) is 5.78. The number of piperidine rings is 1. The number of likely N-dealkylation sites (tertiary alicyclic amines) is 1. The highest BCUT2D eigenvalue weighted by Crippen LogP contribution is 2.23. The van der Waals surface area contributed by atoms with Crippen molar-refractivity contribution >= 4 is 18.0 Å². The van der Waals surface area contributed by atoms with Crippen molar-refractivity contribution in [2.45, 2.75) is 25.7 Å². The Balaban J connectivity index is 1.78. The number of aryl methyl sites for hydroxylation is 1. The van der Waals surface area contributed by atoms with Crippen LogP contribution in [0.4, 0.5) is 0 Å². The number of carboxylic acid groups (broad SMARTS) is 1. The zero-order valence-corrected chi connectivity index (χ0v) is 11.9. The van der Waals surface area contributed by atoms with Crippen molar-refractivity contribution in [1.82, 2.24) is 4.90 Å². The molecule has 1 N–H and O–H groups in total. The van der Waals surface area contributed by atoms with Gasteiger partial charge in [0.05, 0.1) is 5.92 Å². The molecule has 1 aliphatic heterocycles. The largest absolute Gasteiger partial charge is 0.481 e. The fraction of sp³-hybridized carbons (Fsp3) is 0.412. The van der Waals surface area contributed by atoms with Gasteiger partial charge in [-0.2, -0.15) is 0 Å². The molecule has 2 aliphatic rings. The van der Waals surface area contributed by atoms with Gasteiger partial charge in [0.1, 0.15) is 0 Å². The van der Waals surface area contributed by atoms with Gasteiger partial charge in [0.2, 0.25) is 0 Å². The van der Waals surface area contributed by atoms with Crippen LogP contribution in [-0.2, 0) is 11.2 Å². The van der Waals surface area contributed by atoms with E-state index in [1.165, 1.54) is 11.1 Å². The maximum absolute atomic E-state index is 12.6. The Morgan fingerprint density at radius 2 is 2.14 bits per heavy atom. The van der Waals surface area contributed by atoms with E-state index in [-0.39, 0.29) is 5.91 Å². The van der Waals surface area contributed by atoms with E-state index in [0.717, 1.165) is 19.3 Å². The van der Waals surface area contributed by atoms with Crippen LogP contribution in [0.1, 0.15) is 40.7 Å². The molecule has 1 saturated heterocycles. The van der Waals surface area contributed by atoms with Crippen molar-refractivity contribution < 1.29 is 14.7 Å². The number of amides is 1. The van der Waals surface area contributed by atoms with Crippen LogP contribution < -0.4 is 0 Å². The molecule has 1 aromatic rings. The van der Waals surface area contributed by atoms with Crippen molar-refractivity contribution in [3.8, 4) is 0 Å². The van der Waals surface area contributed by atoms with E-state index >= 15 is 0 Å². The van der Waals surface area contributed by atoms with Gasteiger partial charge in [0.15, 0.2) is 0 Å². The SMILES string of the molecule is O=C(O)C1CCCN(C(=O)c2ccc3c(c2)CCC=C3)C1. The fourth-order valence-corrected chi connectivity index (χ4v) is 3.11. The molecule has 110 valence electrons. The average molecular weight is 285 g/mol. The van der Waals surface area contributed by atoms with E-state index < -0.39 is 11.9 Å². The van der Waals surface area contributed by atoms with E-state index in [4.69, 9.17) is 5.11 Å². The van der Waals surface area contributed by atoms with E-state index in [2.05, 4.69) is 12.2 Å². The minimum absolute atomic E-state index is 0.0432. The topological polar surface area (TPSA) is 57.6 Å². The molecule has 0 bridgehead atoms. The Bertz CT molecular complexity index is 606. The number of carboxylic acids is 1. The lowest BCUT2D eigenvalue weighted by atomic mass is 9.94. The maximum atomic E-state index is 12.6. The molecular formula is C17H19NO3. The summed E-state index contributed by atoms with van der Waals surface area (Å²) in [5, 5.41) is 9.12. The van der Waals surface area contributed by atoms with Gasteiger partial charge in [0.25, 0.3) is 5.91 Å². The third kappa shape index (κ3) is 2.84. The first-order chi connectivity index (χ1) is 10.1. The molecule has 4 heteroatoms. The number of aliphatic carboxylic acids is 1. The summed E-state index contributed by atoms with van der Waals surface area (Å²) in [6.07, 6.45) is 7.63. The summed E-state index contributed by atoms with van der Waals surface area (Å²) in [5.74, 6) is -1.27. The van der Waals surface area contributed by atoms with Crippen LogP contribution >= 0.6 is 0 Å². The zero-order valence-electron chi connectivity index (χ0n) is 11.9. The van der Waals surface area contributed by atoms with Crippen LogP contribution in [0.5, 0.6) is 0 Å². The van der Waals surface area contributed by atoms with Crippen LogP contribution in [-0.4, -0.2) is 35.0 Å². The van der Waals surface area contributed by atoms with Crippen LogP contribution in [0.2, 0.25) is 0 Å². The Morgan fingerprint density at radius 1 is 1.29 bits per heavy atom. The van der Waals surface area contributed by atoms with Gasteiger partial charge in [-0.15, -0.1) is 0 Å². The smallest absolute Gasteiger partial charge is 0.308 e. The highest BCUT2D eigenvalue weighted by molar-refractivity contribution is 5.95. The second-order valence-electron chi connectivity index (χ2n) is 5.78. The van der Waals surface area contributed by atoms with E-state index in [0.29, 0.717) is 25.1 Å². The van der Waals surface area contributed by atoms with Gasteiger partial charge in [-0.05, 0) is 48.9 Å². The van der Waals surface area contributed by atoms with Crippen molar-refractivity contribution in [1.29, 1.82) is 0 Å². The predicted molar refractivity (Wildman–Crippen MR) is 80.1 cm³/mol. The summed E-state index contributed by atoms with van der Waals surface area (Å²) in [4.78, 5) is 25.4. The molecule has 1 aliphatic carbocycles. The Kier molecular flexibility index (Phi) is 3.78. The molecule has 21 heavy (non-hydrogen) atoms. The number of carbonyl (C=O) groups is 2. The quantitative estimate of drug-likeness (QED) is 0.908. The molecule has 0 aromatic heterocycles. The summed E-state index contributed by atoms with van der Waals surface area (Å²) in [5.41, 5.74) is 3.06. The molecule has 1 unspecified atom stereocenters. The standard InChI is InChI=1S/C17H19NO3/c19-16(18-9-3-6-15(11-18)17(20)21)14-8-7-12-4-1-2-5-13(12)10-14/h1,4,7-8,10,15H,2-3,5-6,9,11H2,(H,20,21). The lowest BCUT2D eigenvalue weighted by Gasteiger charge is -2.31. The van der Waals surface area contributed by atoms with Crippen LogP contribution in [0.25, 0.3) is 6.08 Å². The lowest BCUT2D eigenvalue weighted by molar-refractivity contribution is -0.143. The third-order valence-electron chi connectivity index (χ3n) is 4.33. The Labute approximate surface area is 124 Å². The van der Waals surface area contributed by atoms with Crippen molar-refractivity contribution in [3.05, 3.63) is 41.0 Å². The number of fused-ring (bicyclic) bond motifs is 1. The van der Waals surface area contributed by atoms with E-state index in [9.17, 15) is 9.59 Å². The first-order valence-corrected chi connectivity index (χ1v) is 7.46. The zero-order chi connectivity index (χ0) is 14.8. The van der Waals surface area contributed by atoms with Gasteiger partial charge in [-0.1, -0.05) is 18.2 Å². The van der Waals surface area contributed by atoms with Gasteiger partial charge < -0.3 is 10.0 Å². The molecule has 3 rings (SSSR count). The number of hydrogen-bond acceptors (Lipinski definition) is 2. The predicted octanol–water partition coefficient (Wildman–Crippen LogP) is 2.58. The second kappa shape index (κ2) is 5.72. The number of allylic oxidation sites excluding steroid dienone is 1. The summed E-state index contributed by atoms with van der Waals surface area (Å²) < 4.78 is 0. The fourth-order valence-electron chi connectivity index (χ4n) is 3.11. The molecular weight excluding hydrogens is 266 g/mol. The first kappa shape index (κ1) is 13.9. The van der Waals surface area contributed by atoms with Crippen molar-refractivity contribution in [3.63, 3.8) is 0 Å². The van der Waals surface area contributed by atoms with Gasteiger partial charge in [-0.3, -0.25) is 9.59 Å². The summed E-state index contributed by atoms with van der Waals surface area (Å²) in [7, 11) is 0.